The minimum atomic E-state index is -0.897. The number of amides is 1. The Kier molecular flexibility index (Phi) is 4.88. The van der Waals surface area contributed by atoms with Crippen LogP contribution in [0.2, 0.25) is 0 Å². The Morgan fingerprint density at radius 3 is 2.91 bits per heavy atom. The number of thioether (sulfide) groups is 1. The monoisotopic (exact) mass is 320 g/mol. The number of aromatic nitrogens is 2. The highest BCUT2D eigenvalue weighted by Gasteiger charge is 2.30. The van der Waals surface area contributed by atoms with Gasteiger partial charge in [0.2, 0.25) is 5.91 Å². The van der Waals surface area contributed by atoms with Crippen molar-refractivity contribution >= 4 is 17.7 Å². The zero-order valence-corrected chi connectivity index (χ0v) is 13.3. The summed E-state index contributed by atoms with van der Waals surface area (Å²) >= 11 is 1.11. The van der Waals surface area contributed by atoms with Crippen molar-refractivity contribution in [3.8, 4) is 17.7 Å². The molecule has 1 N–H and O–H groups in total. The predicted octanol–water partition coefficient (Wildman–Crippen LogP) is 2.48. The molecule has 1 amide bonds. The maximum Gasteiger partial charge on any atom is 0.284 e. The first-order valence-electron chi connectivity index (χ1n) is 6.67. The highest BCUT2D eigenvalue weighted by Crippen LogP contribution is 2.23. The van der Waals surface area contributed by atoms with Gasteiger partial charge in [-0.05, 0) is 25.0 Å². The van der Waals surface area contributed by atoms with E-state index in [1.54, 1.807) is 19.1 Å². The van der Waals surface area contributed by atoms with Crippen LogP contribution in [0.1, 0.15) is 20.8 Å². The fraction of sp³-hybridized carbons (Fsp3) is 0.429. The summed E-state index contributed by atoms with van der Waals surface area (Å²) in [6, 6.07) is 5.55. The molecule has 116 valence electrons. The Bertz CT molecular complexity index is 675. The molecule has 2 rings (SSSR count). The zero-order chi connectivity index (χ0) is 16.2. The van der Waals surface area contributed by atoms with E-state index in [1.807, 2.05) is 13.8 Å². The molecule has 2 aromatic rings. The van der Waals surface area contributed by atoms with E-state index in [9.17, 15) is 10.1 Å². The van der Waals surface area contributed by atoms with Crippen molar-refractivity contribution in [1.29, 1.82) is 5.26 Å². The third-order valence-electron chi connectivity index (χ3n) is 3.25. The number of rotatable bonds is 6. The minimum absolute atomic E-state index is 0.000379. The van der Waals surface area contributed by atoms with E-state index >= 15 is 0 Å². The van der Waals surface area contributed by atoms with Crippen molar-refractivity contribution in [2.24, 2.45) is 5.92 Å². The maximum atomic E-state index is 11.9. The Labute approximate surface area is 132 Å². The second-order valence-electron chi connectivity index (χ2n) is 5.16. The second kappa shape index (κ2) is 6.66. The molecule has 0 fully saturated rings. The number of furan rings is 1. The van der Waals surface area contributed by atoms with Crippen molar-refractivity contribution in [2.75, 3.05) is 5.75 Å². The normalized spacial score (nSPS) is 13.6. The summed E-state index contributed by atoms with van der Waals surface area (Å²) in [7, 11) is 0. The summed E-state index contributed by atoms with van der Waals surface area (Å²) in [6.45, 7) is 5.45. The number of nitrogens with zero attached hydrogens (tertiary/aromatic N) is 3. The molecule has 0 aliphatic rings. The van der Waals surface area contributed by atoms with Crippen LogP contribution in [0.15, 0.2) is 32.5 Å². The van der Waals surface area contributed by atoms with Crippen LogP contribution in [0.3, 0.4) is 0 Å². The van der Waals surface area contributed by atoms with Gasteiger partial charge in [-0.15, -0.1) is 10.2 Å². The topological polar surface area (TPSA) is 105 Å². The smallest absolute Gasteiger partial charge is 0.284 e. The number of hydrogen-bond acceptors (Lipinski definition) is 7. The zero-order valence-electron chi connectivity index (χ0n) is 12.5. The highest BCUT2D eigenvalue weighted by molar-refractivity contribution is 7.99. The molecule has 0 unspecified atom stereocenters. The Balaban J connectivity index is 1.91. The first-order valence-corrected chi connectivity index (χ1v) is 7.65. The van der Waals surface area contributed by atoms with Gasteiger partial charge in [-0.2, -0.15) is 5.26 Å². The van der Waals surface area contributed by atoms with E-state index in [2.05, 4.69) is 21.6 Å². The van der Waals surface area contributed by atoms with Crippen LogP contribution >= 0.6 is 11.8 Å². The van der Waals surface area contributed by atoms with Crippen molar-refractivity contribution in [3.05, 3.63) is 18.4 Å². The van der Waals surface area contributed by atoms with Gasteiger partial charge in [0.1, 0.15) is 5.54 Å². The lowest BCUT2D eigenvalue weighted by Crippen LogP contribution is -2.49. The predicted molar refractivity (Wildman–Crippen MR) is 79.7 cm³/mol. The lowest BCUT2D eigenvalue weighted by atomic mass is 9.90. The third-order valence-corrected chi connectivity index (χ3v) is 4.07. The molecule has 2 heterocycles. The van der Waals surface area contributed by atoms with Crippen LogP contribution < -0.4 is 5.32 Å². The van der Waals surface area contributed by atoms with Crippen LogP contribution in [0.25, 0.3) is 11.7 Å². The number of carbonyl (C=O) groups is 1. The average molecular weight is 320 g/mol. The van der Waals surface area contributed by atoms with Gasteiger partial charge in [-0.25, -0.2) is 0 Å². The average Bonchev–Trinajstić information content (AvgIpc) is 3.15. The second-order valence-corrected chi connectivity index (χ2v) is 6.08. The molecule has 0 radical (unpaired) electrons. The van der Waals surface area contributed by atoms with Gasteiger partial charge in [0.05, 0.1) is 18.1 Å². The largest absolute Gasteiger partial charge is 0.459 e. The van der Waals surface area contributed by atoms with E-state index in [0.29, 0.717) is 5.76 Å². The Morgan fingerprint density at radius 2 is 2.32 bits per heavy atom. The van der Waals surface area contributed by atoms with E-state index in [0.717, 1.165) is 11.8 Å². The van der Waals surface area contributed by atoms with Crippen LogP contribution in [-0.2, 0) is 4.79 Å². The number of carbonyl (C=O) groups excluding carboxylic acids is 1. The molecule has 0 aliphatic heterocycles. The lowest BCUT2D eigenvalue weighted by molar-refractivity contribution is -0.120. The van der Waals surface area contributed by atoms with E-state index in [-0.39, 0.29) is 28.7 Å². The third kappa shape index (κ3) is 3.68. The van der Waals surface area contributed by atoms with Gasteiger partial charge in [0, 0.05) is 0 Å². The fourth-order valence-electron chi connectivity index (χ4n) is 1.52. The summed E-state index contributed by atoms with van der Waals surface area (Å²) in [5.41, 5.74) is -0.897. The van der Waals surface area contributed by atoms with Crippen LogP contribution in [0, 0.1) is 17.2 Å². The van der Waals surface area contributed by atoms with Gasteiger partial charge in [0.15, 0.2) is 5.76 Å². The van der Waals surface area contributed by atoms with Gasteiger partial charge in [-0.3, -0.25) is 4.79 Å². The van der Waals surface area contributed by atoms with Crippen molar-refractivity contribution in [3.63, 3.8) is 0 Å². The molecule has 8 heteroatoms. The highest BCUT2D eigenvalue weighted by atomic mass is 32.2. The molecule has 0 aromatic carbocycles. The van der Waals surface area contributed by atoms with Gasteiger partial charge >= 0.3 is 0 Å². The molecule has 0 spiro atoms. The quantitative estimate of drug-likeness (QED) is 0.815. The minimum Gasteiger partial charge on any atom is -0.459 e. The molecule has 7 nitrogen and oxygen atoms in total. The molecule has 2 aromatic heterocycles. The van der Waals surface area contributed by atoms with Gasteiger partial charge < -0.3 is 14.2 Å². The molecule has 0 saturated carbocycles. The van der Waals surface area contributed by atoms with Crippen LogP contribution in [-0.4, -0.2) is 27.4 Å². The SMILES string of the molecule is CC(C)[C@@](C)(C#N)NC(=O)CSc1nnc(-c2ccco2)o1. The van der Waals surface area contributed by atoms with E-state index < -0.39 is 5.54 Å². The molecular weight excluding hydrogens is 304 g/mol. The summed E-state index contributed by atoms with van der Waals surface area (Å²) in [5.74, 6) is 0.558. The number of hydrogen-bond donors (Lipinski definition) is 1. The number of nitrogens with one attached hydrogen (secondary N) is 1. The molecule has 0 aliphatic carbocycles. The molecule has 22 heavy (non-hydrogen) atoms. The van der Waals surface area contributed by atoms with Crippen LogP contribution in [0.5, 0.6) is 0 Å². The summed E-state index contributed by atoms with van der Waals surface area (Å²) in [6.07, 6.45) is 1.51. The van der Waals surface area contributed by atoms with E-state index in [4.69, 9.17) is 8.83 Å². The molecular formula is C14H16N4O3S. The van der Waals surface area contributed by atoms with Crippen molar-refractivity contribution in [2.45, 2.75) is 31.5 Å². The van der Waals surface area contributed by atoms with Gasteiger partial charge in [-0.1, -0.05) is 25.6 Å². The lowest BCUT2D eigenvalue weighted by Gasteiger charge is -2.27. The maximum absolute atomic E-state index is 11.9. The Morgan fingerprint density at radius 1 is 1.55 bits per heavy atom. The summed E-state index contributed by atoms with van der Waals surface area (Å²) in [4.78, 5) is 11.9. The van der Waals surface area contributed by atoms with Crippen LogP contribution in [0.4, 0.5) is 0 Å². The molecule has 0 saturated heterocycles. The summed E-state index contributed by atoms with van der Waals surface area (Å²) < 4.78 is 10.5. The standard InChI is InChI=1S/C14H16N4O3S/c1-9(2)14(3,8-15)16-11(19)7-22-13-18-17-12(21-13)10-5-4-6-20-10/h4-6,9H,7H2,1-3H3,(H,16,19)/t14-/m1/s1. The first kappa shape index (κ1) is 16.1. The Hall–Kier alpha value is -2.27. The first-order chi connectivity index (χ1) is 10.4. The fourth-order valence-corrected chi connectivity index (χ4v) is 2.09. The van der Waals surface area contributed by atoms with Crippen molar-refractivity contribution < 1.29 is 13.6 Å². The number of nitriles is 1. The molecule has 1 atom stereocenters. The summed E-state index contributed by atoms with van der Waals surface area (Å²) in [5, 5.41) is 19.8. The van der Waals surface area contributed by atoms with E-state index in [1.165, 1.54) is 6.26 Å². The van der Waals surface area contributed by atoms with Gasteiger partial charge in [0.25, 0.3) is 11.1 Å². The van der Waals surface area contributed by atoms with Crippen molar-refractivity contribution in [1.82, 2.24) is 15.5 Å². The molecule has 0 bridgehead atoms.